The number of benzene rings is 2. The summed E-state index contributed by atoms with van der Waals surface area (Å²) >= 11 is 0. The fraction of sp³-hybridized carbons (Fsp3) is 0.182. The second-order valence-electron chi connectivity index (χ2n) is 7.19. The van der Waals surface area contributed by atoms with Crippen molar-refractivity contribution in [3.63, 3.8) is 0 Å². The number of ketones is 1. The highest BCUT2D eigenvalue weighted by molar-refractivity contribution is 6.32. The quantitative estimate of drug-likeness (QED) is 0.627. The normalized spacial score (nSPS) is 20.0. The van der Waals surface area contributed by atoms with Crippen LogP contribution in [0.15, 0.2) is 54.3 Å². The van der Waals surface area contributed by atoms with E-state index in [1.54, 1.807) is 12.1 Å². The predicted octanol–water partition coefficient (Wildman–Crippen LogP) is 4.58. The molecule has 0 aromatic heterocycles. The molecule has 0 unspecified atom stereocenters. The van der Waals surface area contributed by atoms with Crippen LogP contribution < -0.4 is 5.32 Å². The molecule has 2 aliphatic rings. The minimum absolute atomic E-state index is 0.0149. The van der Waals surface area contributed by atoms with Crippen LogP contribution in [0.2, 0.25) is 0 Å². The Hall–Kier alpha value is -3.21. The van der Waals surface area contributed by atoms with Crippen molar-refractivity contribution in [3.8, 4) is 0 Å². The van der Waals surface area contributed by atoms with Crippen molar-refractivity contribution in [3.05, 3.63) is 76.8 Å². The number of hydrogen-bond acceptors (Lipinski definition) is 3. The van der Waals surface area contributed by atoms with Gasteiger partial charge in [0, 0.05) is 16.7 Å². The molecule has 27 heavy (non-hydrogen) atoms. The summed E-state index contributed by atoms with van der Waals surface area (Å²) in [6, 6.07) is 11.5. The second-order valence-corrected chi connectivity index (χ2v) is 7.19. The van der Waals surface area contributed by atoms with Crippen LogP contribution in [-0.4, -0.2) is 17.3 Å². The zero-order valence-electron chi connectivity index (χ0n) is 15.2. The summed E-state index contributed by atoms with van der Waals surface area (Å²) in [6.07, 6.45) is 1.83. The zero-order valence-corrected chi connectivity index (χ0v) is 15.2. The molecular formula is C22H18FNO3. The van der Waals surface area contributed by atoms with Gasteiger partial charge in [0.05, 0.1) is 11.3 Å². The number of carbonyl (C=O) groups is 2. The fourth-order valence-corrected chi connectivity index (χ4v) is 3.51. The number of carbonyl (C=O) groups excluding carboxylic acids is 2. The molecule has 0 aliphatic carbocycles. The number of rotatable bonds is 2. The summed E-state index contributed by atoms with van der Waals surface area (Å²) in [5.74, 6) is -0.313. The first-order valence-electron chi connectivity index (χ1n) is 8.64. The molecule has 0 bridgehead atoms. The summed E-state index contributed by atoms with van der Waals surface area (Å²) < 4.78 is 19.6. The third-order valence-electron chi connectivity index (χ3n) is 4.84. The average molecular weight is 363 g/mol. The summed E-state index contributed by atoms with van der Waals surface area (Å²) in [5, 5.41) is 2.68. The molecule has 1 amide bonds. The molecule has 0 saturated heterocycles. The molecule has 1 N–H and O–H groups in total. The largest absolute Gasteiger partial charge is 0.482 e. The SMILES string of the molecule is CC(=O)c1cccc(C2=CC(=C3C(=O)Nc4cc(F)ccc43)OC2(C)C)c1. The van der Waals surface area contributed by atoms with Crippen molar-refractivity contribution in [2.24, 2.45) is 0 Å². The Kier molecular flexibility index (Phi) is 3.77. The van der Waals surface area contributed by atoms with E-state index in [4.69, 9.17) is 4.74 Å². The predicted molar refractivity (Wildman–Crippen MR) is 102 cm³/mol. The first-order valence-corrected chi connectivity index (χ1v) is 8.64. The highest BCUT2D eigenvalue weighted by atomic mass is 19.1. The van der Waals surface area contributed by atoms with Gasteiger partial charge >= 0.3 is 0 Å². The van der Waals surface area contributed by atoms with Crippen LogP contribution in [0, 0.1) is 5.82 Å². The van der Waals surface area contributed by atoms with Gasteiger partial charge in [-0.3, -0.25) is 9.59 Å². The van der Waals surface area contributed by atoms with Crippen LogP contribution in [0.4, 0.5) is 10.1 Å². The van der Waals surface area contributed by atoms with Gasteiger partial charge in [-0.15, -0.1) is 0 Å². The van der Waals surface area contributed by atoms with E-state index in [1.807, 2.05) is 38.1 Å². The van der Waals surface area contributed by atoms with Gasteiger partial charge < -0.3 is 10.1 Å². The third-order valence-corrected chi connectivity index (χ3v) is 4.84. The minimum Gasteiger partial charge on any atom is -0.482 e. The van der Waals surface area contributed by atoms with Crippen molar-refractivity contribution in [2.75, 3.05) is 5.32 Å². The van der Waals surface area contributed by atoms with Crippen LogP contribution in [0.25, 0.3) is 11.1 Å². The lowest BCUT2D eigenvalue weighted by atomic mass is 9.91. The fourth-order valence-electron chi connectivity index (χ4n) is 3.51. The number of amides is 1. The van der Waals surface area contributed by atoms with Gasteiger partial charge in [0.2, 0.25) is 0 Å². The molecule has 2 aromatic rings. The Labute approximate surface area is 156 Å². The number of anilines is 1. The van der Waals surface area contributed by atoms with Gasteiger partial charge in [-0.25, -0.2) is 4.39 Å². The molecule has 0 radical (unpaired) electrons. The van der Waals surface area contributed by atoms with E-state index >= 15 is 0 Å². The molecule has 0 fully saturated rings. The van der Waals surface area contributed by atoms with Crippen molar-refractivity contribution >= 4 is 28.5 Å². The van der Waals surface area contributed by atoms with Gasteiger partial charge in [0.25, 0.3) is 5.91 Å². The Morgan fingerprint density at radius 2 is 1.93 bits per heavy atom. The monoisotopic (exact) mass is 363 g/mol. The molecule has 2 aromatic carbocycles. The lowest BCUT2D eigenvalue weighted by Crippen LogP contribution is -2.21. The van der Waals surface area contributed by atoms with E-state index < -0.39 is 11.4 Å². The molecule has 0 atom stereocenters. The van der Waals surface area contributed by atoms with Crippen LogP contribution in [0.3, 0.4) is 0 Å². The highest BCUT2D eigenvalue weighted by Gasteiger charge is 2.38. The summed E-state index contributed by atoms with van der Waals surface area (Å²) in [5.41, 5.74) is 3.10. The third kappa shape index (κ3) is 2.85. The van der Waals surface area contributed by atoms with E-state index in [0.29, 0.717) is 28.1 Å². The van der Waals surface area contributed by atoms with Crippen molar-refractivity contribution in [1.82, 2.24) is 0 Å². The van der Waals surface area contributed by atoms with Crippen LogP contribution in [0.1, 0.15) is 42.3 Å². The van der Waals surface area contributed by atoms with Gasteiger partial charge in [0.15, 0.2) is 5.78 Å². The molecule has 4 rings (SSSR count). The number of ether oxygens (including phenoxy) is 1. The summed E-state index contributed by atoms with van der Waals surface area (Å²) in [4.78, 5) is 24.2. The molecule has 0 saturated carbocycles. The average Bonchev–Trinajstić information content (AvgIpc) is 3.09. The number of hydrogen-bond donors (Lipinski definition) is 1. The van der Waals surface area contributed by atoms with E-state index in [9.17, 15) is 14.0 Å². The molecular weight excluding hydrogens is 345 g/mol. The first kappa shape index (κ1) is 17.2. The van der Waals surface area contributed by atoms with E-state index in [-0.39, 0.29) is 11.7 Å². The molecule has 0 spiro atoms. The number of Topliss-reactive ketones (excluding diaryl/α,β-unsaturated/α-hetero) is 1. The van der Waals surface area contributed by atoms with Crippen molar-refractivity contribution in [1.29, 1.82) is 0 Å². The molecule has 136 valence electrons. The van der Waals surface area contributed by atoms with Gasteiger partial charge in [-0.05, 0) is 56.7 Å². The van der Waals surface area contributed by atoms with Gasteiger partial charge in [-0.2, -0.15) is 0 Å². The minimum atomic E-state index is -0.680. The number of halogens is 1. The second kappa shape index (κ2) is 5.91. The molecule has 4 nitrogen and oxygen atoms in total. The van der Waals surface area contributed by atoms with Crippen molar-refractivity contribution in [2.45, 2.75) is 26.4 Å². The molecule has 5 heteroatoms. The zero-order chi connectivity index (χ0) is 19.3. The maximum absolute atomic E-state index is 13.5. The first-order chi connectivity index (χ1) is 12.8. The molecule has 2 aliphatic heterocycles. The van der Waals surface area contributed by atoms with Gasteiger partial charge in [-0.1, -0.05) is 18.2 Å². The number of fused-ring (bicyclic) bond motifs is 1. The number of nitrogens with one attached hydrogen (secondary N) is 1. The topological polar surface area (TPSA) is 55.4 Å². The Morgan fingerprint density at radius 3 is 2.67 bits per heavy atom. The van der Waals surface area contributed by atoms with Gasteiger partial charge in [0.1, 0.15) is 17.2 Å². The lowest BCUT2D eigenvalue weighted by molar-refractivity contribution is -0.111. The van der Waals surface area contributed by atoms with Crippen LogP contribution >= 0.6 is 0 Å². The Balaban J connectivity index is 1.86. The Morgan fingerprint density at radius 1 is 1.15 bits per heavy atom. The summed E-state index contributed by atoms with van der Waals surface area (Å²) in [6.45, 7) is 5.34. The highest BCUT2D eigenvalue weighted by Crippen LogP contribution is 2.44. The Bertz CT molecular complexity index is 1060. The van der Waals surface area contributed by atoms with Crippen molar-refractivity contribution < 1.29 is 18.7 Å². The smallest absolute Gasteiger partial charge is 0.260 e. The maximum atomic E-state index is 13.5. The van der Waals surface area contributed by atoms with Crippen LogP contribution in [0.5, 0.6) is 0 Å². The summed E-state index contributed by atoms with van der Waals surface area (Å²) in [7, 11) is 0. The van der Waals surface area contributed by atoms with E-state index in [1.165, 1.54) is 19.1 Å². The lowest BCUT2D eigenvalue weighted by Gasteiger charge is -2.23. The molecule has 2 heterocycles. The maximum Gasteiger partial charge on any atom is 0.260 e. The van der Waals surface area contributed by atoms with Crippen LogP contribution in [-0.2, 0) is 9.53 Å². The van der Waals surface area contributed by atoms with E-state index in [0.717, 1.165) is 11.1 Å². The standard InChI is InChI=1S/C22H18FNO3/c1-12(25)13-5-4-6-14(9-13)17-11-19(27-22(17,2)3)20-16-8-7-15(23)10-18(16)24-21(20)26/h4-11H,1-3H3,(H,24,26). The van der Waals surface area contributed by atoms with E-state index in [2.05, 4.69) is 5.32 Å². The number of allylic oxidation sites excluding steroid dienone is 1.